The van der Waals surface area contributed by atoms with Crippen molar-refractivity contribution in [1.29, 1.82) is 0 Å². The Kier molecular flexibility index (Phi) is 9.00. The highest BCUT2D eigenvalue weighted by atomic mass is 19.3. The molecule has 0 saturated carbocycles. The summed E-state index contributed by atoms with van der Waals surface area (Å²) in [6.07, 6.45) is 0.594. The van der Waals surface area contributed by atoms with Crippen molar-refractivity contribution >= 4 is 11.4 Å². The topological polar surface area (TPSA) is 46.4 Å². The van der Waals surface area contributed by atoms with Crippen molar-refractivity contribution in [3.05, 3.63) is 105 Å². The second-order valence-corrected chi connectivity index (χ2v) is 10.1. The highest BCUT2D eigenvalue weighted by Crippen LogP contribution is 2.48. The molecule has 0 amide bonds. The van der Waals surface area contributed by atoms with Gasteiger partial charge in [0, 0.05) is 31.0 Å². The zero-order chi connectivity index (χ0) is 27.2. The van der Waals surface area contributed by atoms with Gasteiger partial charge in [-0.1, -0.05) is 94.3 Å². The fourth-order valence-electron chi connectivity index (χ4n) is 5.56. The van der Waals surface area contributed by atoms with Crippen LogP contribution in [0, 0.1) is 21.8 Å². The maximum absolute atomic E-state index is 16.7. The molecule has 7 heteroatoms. The Morgan fingerprint density at radius 1 is 0.865 bits per heavy atom. The standard InChI is InChI=1S/C30H35F3N2O2/c1-5-24(6-2)29(3,21-30(4,32)33)25-17-18-26(35(36)37)28(27(25)31)34(19-22-13-9-7-10-14-22)20-23-15-11-8-12-16-23/h7-18,24H,5-6,19-21H2,1-4H3. The molecule has 0 aromatic heterocycles. The molecule has 0 aliphatic heterocycles. The van der Waals surface area contributed by atoms with Gasteiger partial charge in [0.2, 0.25) is 5.92 Å². The number of anilines is 1. The number of hydrogen-bond acceptors (Lipinski definition) is 3. The lowest BCUT2D eigenvalue weighted by Gasteiger charge is -2.40. The number of nitrogens with zero attached hydrogens (tertiary/aromatic N) is 2. The lowest BCUT2D eigenvalue weighted by atomic mass is 9.66. The van der Waals surface area contributed by atoms with Crippen molar-refractivity contribution in [2.75, 3.05) is 4.90 Å². The van der Waals surface area contributed by atoms with E-state index in [0.717, 1.165) is 18.1 Å². The first-order valence-electron chi connectivity index (χ1n) is 12.7. The summed E-state index contributed by atoms with van der Waals surface area (Å²) in [6.45, 7) is 6.73. The number of rotatable bonds is 12. The molecule has 0 N–H and O–H groups in total. The summed E-state index contributed by atoms with van der Waals surface area (Å²) in [6, 6.07) is 21.2. The first kappa shape index (κ1) is 28.2. The van der Waals surface area contributed by atoms with Gasteiger partial charge in [0.1, 0.15) is 0 Å². The first-order valence-corrected chi connectivity index (χ1v) is 12.7. The Labute approximate surface area is 217 Å². The zero-order valence-corrected chi connectivity index (χ0v) is 21.9. The fourth-order valence-corrected chi connectivity index (χ4v) is 5.56. The Morgan fingerprint density at radius 3 is 1.76 bits per heavy atom. The van der Waals surface area contributed by atoms with E-state index in [1.54, 1.807) is 11.8 Å². The van der Waals surface area contributed by atoms with Gasteiger partial charge in [-0.25, -0.2) is 13.2 Å². The van der Waals surface area contributed by atoms with Crippen LogP contribution >= 0.6 is 0 Å². The van der Waals surface area contributed by atoms with Gasteiger partial charge in [-0.3, -0.25) is 10.1 Å². The zero-order valence-electron chi connectivity index (χ0n) is 21.9. The molecule has 37 heavy (non-hydrogen) atoms. The van der Waals surface area contributed by atoms with E-state index in [1.807, 2.05) is 74.5 Å². The maximum Gasteiger partial charge on any atom is 0.295 e. The van der Waals surface area contributed by atoms with Gasteiger partial charge in [-0.2, -0.15) is 0 Å². The monoisotopic (exact) mass is 512 g/mol. The van der Waals surface area contributed by atoms with Crippen LogP contribution in [0.15, 0.2) is 72.8 Å². The maximum atomic E-state index is 16.7. The molecule has 0 heterocycles. The van der Waals surface area contributed by atoms with Crippen molar-refractivity contribution < 1.29 is 18.1 Å². The minimum absolute atomic E-state index is 0.0921. The van der Waals surface area contributed by atoms with E-state index in [1.165, 1.54) is 12.1 Å². The molecule has 0 radical (unpaired) electrons. The molecule has 4 nitrogen and oxygen atoms in total. The van der Waals surface area contributed by atoms with E-state index in [4.69, 9.17) is 0 Å². The normalized spacial score (nSPS) is 13.4. The van der Waals surface area contributed by atoms with Crippen LogP contribution in [0.3, 0.4) is 0 Å². The largest absolute Gasteiger partial charge is 0.355 e. The third-order valence-corrected chi connectivity index (χ3v) is 7.22. The Balaban J connectivity index is 2.26. The molecule has 3 aromatic rings. The van der Waals surface area contributed by atoms with Crippen LogP contribution in [0.25, 0.3) is 0 Å². The Hall–Kier alpha value is -3.35. The van der Waals surface area contributed by atoms with E-state index >= 15 is 4.39 Å². The van der Waals surface area contributed by atoms with Gasteiger partial charge >= 0.3 is 0 Å². The van der Waals surface area contributed by atoms with E-state index < -0.39 is 28.5 Å². The molecule has 1 atom stereocenters. The van der Waals surface area contributed by atoms with Crippen molar-refractivity contribution in [3.8, 4) is 0 Å². The van der Waals surface area contributed by atoms with Gasteiger partial charge in [-0.15, -0.1) is 0 Å². The average Bonchev–Trinajstić information content (AvgIpc) is 2.84. The number of nitro benzene ring substituents is 1. The molecule has 3 aromatic carbocycles. The SMILES string of the molecule is CCC(CC)C(C)(CC(C)(F)F)c1ccc([N+](=O)[O-])c(N(Cc2ccccc2)Cc2ccccc2)c1F. The van der Waals surface area contributed by atoms with Crippen LogP contribution in [0.4, 0.5) is 24.5 Å². The summed E-state index contributed by atoms with van der Waals surface area (Å²) in [7, 11) is 0. The second kappa shape index (κ2) is 11.8. The fraction of sp³-hybridized carbons (Fsp3) is 0.400. The van der Waals surface area contributed by atoms with Crippen LogP contribution in [-0.4, -0.2) is 10.8 Å². The van der Waals surface area contributed by atoms with Crippen LogP contribution < -0.4 is 4.90 Å². The summed E-state index contributed by atoms with van der Waals surface area (Å²) >= 11 is 0. The van der Waals surface area contributed by atoms with E-state index in [-0.39, 0.29) is 35.9 Å². The van der Waals surface area contributed by atoms with Gasteiger partial charge in [0.15, 0.2) is 11.5 Å². The summed E-state index contributed by atoms with van der Waals surface area (Å²) < 4.78 is 45.6. The molecule has 0 bridgehead atoms. The van der Waals surface area contributed by atoms with E-state index in [2.05, 4.69) is 0 Å². The van der Waals surface area contributed by atoms with Crippen molar-refractivity contribution in [2.45, 2.75) is 71.4 Å². The molecule has 1 unspecified atom stereocenters. The number of hydrogen-bond donors (Lipinski definition) is 0. The van der Waals surface area contributed by atoms with Gasteiger partial charge in [0.05, 0.1) is 4.92 Å². The van der Waals surface area contributed by atoms with Crippen LogP contribution in [0.5, 0.6) is 0 Å². The number of halogens is 3. The van der Waals surface area contributed by atoms with Gasteiger partial charge in [0.25, 0.3) is 5.69 Å². The number of benzene rings is 3. The summed E-state index contributed by atoms with van der Waals surface area (Å²) in [5.74, 6) is -4.09. The van der Waals surface area contributed by atoms with Crippen LogP contribution in [0.2, 0.25) is 0 Å². The molecular formula is C30H35F3N2O2. The van der Waals surface area contributed by atoms with Crippen molar-refractivity contribution in [1.82, 2.24) is 0 Å². The lowest BCUT2D eigenvalue weighted by molar-refractivity contribution is -0.384. The van der Waals surface area contributed by atoms with E-state index in [9.17, 15) is 18.9 Å². The molecule has 0 aliphatic rings. The summed E-state index contributed by atoms with van der Waals surface area (Å²) in [5, 5.41) is 12.1. The molecule has 0 fully saturated rings. The molecule has 0 saturated heterocycles. The predicted octanol–water partition coefficient (Wildman–Crippen LogP) is 8.68. The average molecular weight is 513 g/mol. The minimum atomic E-state index is -3.04. The Morgan fingerprint density at radius 2 is 1.35 bits per heavy atom. The second-order valence-electron chi connectivity index (χ2n) is 10.1. The predicted molar refractivity (Wildman–Crippen MR) is 142 cm³/mol. The molecular weight excluding hydrogens is 477 g/mol. The quantitative estimate of drug-likeness (QED) is 0.180. The minimum Gasteiger partial charge on any atom is -0.355 e. The molecule has 0 aliphatic carbocycles. The molecule has 198 valence electrons. The number of alkyl halides is 2. The summed E-state index contributed by atoms with van der Waals surface area (Å²) in [5.41, 5.74) is 0.00576. The number of nitro groups is 1. The van der Waals surface area contributed by atoms with Crippen LogP contribution in [0.1, 0.15) is 63.6 Å². The first-order chi connectivity index (χ1) is 17.5. The third-order valence-electron chi connectivity index (χ3n) is 7.22. The lowest BCUT2D eigenvalue weighted by Crippen LogP contribution is -2.38. The van der Waals surface area contributed by atoms with E-state index in [0.29, 0.717) is 12.8 Å². The van der Waals surface area contributed by atoms with Gasteiger partial charge in [-0.05, 0) is 35.6 Å². The van der Waals surface area contributed by atoms with Gasteiger partial charge < -0.3 is 4.90 Å². The summed E-state index contributed by atoms with van der Waals surface area (Å²) in [4.78, 5) is 13.1. The third kappa shape index (κ3) is 6.70. The van der Waals surface area contributed by atoms with Crippen LogP contribution in [-0.2, 0) is 18.5 Å². The molecule has 0 spiro atoms. The highest BCUT2D eigenvalue weighted by molar-refractivity contribution is 5.67. The highest BCUT2D eigenvalue weighted by Gasteiger charge is 2.44. The van der Waals surface area contributed by atoms with Crippen molar-refractivity contribution in [2.24, 2.45) is 5.92 Å². The molecule has 3 rings (SSSR count). The smallest absolute Gasteiger partial charge is 0.295 e. The van der Waals surface area contributed by atoms with Crippen molar-refractivity contribution in [3.63, 3.8) is 0 Å². The Bertz CT molecular complexity index is 1140.